The number of amides is 1. The van der Waals surface area contributed by atoms with Crippen LogP contribution in [-0.2, 0) is 17.8 Å². The molecule has 0 atom stereocenters. The molecule has 4 rings (SSSR count). The van der Waals surface area contributed by atoms with Crippen LogP contribution in [0.15, 0.2) is 65.2 Å². The van der Waals surface area contributed by atoms with Gasteiger partial charge in [-0.25, -0.2) is 0 Å². The topological polar surface area (TPSA) is 66.6 Å². The lowest BCUT2D eigenvalue weighted by Crippen LogP contribution is -2.37. The molecule has 0 bridgehead atoms. The van der Waals surface area contributed by atoms with Gasteiger partial charge in [0.2, 0.25) is 5.91 Å². The number of benzene rings is 2. The fourth-order valence-electron chi connectivity index (χ4n) is 3.57. The second-order valence-electron chi connectivity index (χ2n) is 6.45. The van der Waals surface area contributed by atoms with Crippen LogP contribution in [0.5, 0.6) is 0 Å². The van der Waals surface area contributed by atoms with Crippen LogP contribution in [0.3, 0.4) is 0 Å². The number of aromatic nitrogens is 1. The van der Waals surface area contributed by atoms with E-state index in [-0.39, 0.29) is 11.8 Å². The fourth-order valence-corrected chi connectivity index (χ4v) is 3.57. The van der Waals surface area contributed by atoms with Crippen molar-refractivity contribution in [3.05, 3.63) is 88.8 Å². The van der Waals surface area contributed by atoms with Crippen LogP contribution < -0.4 is 0 Å². The minimum atomic E-state index is -0.475. The van der Waals surface area contributed by atoms with Crippen LogP contribution in [0.4, 0.5) is 0 Å². The molecule has 1 amide bonds. The summed E-state index contributed by atoms with van der Waals surface area (Å²) < 4.78 is 5.62. The van der Waals surface area contributed by atoms with Gasteiger partial charge in [-0.05, 0) is 11.1 Å². The van der Waals surface area contributed by atoms with Gasteiger partial charge < -0.3 is 14.5 Å². The number of carbonyl (C=O) groups excluding carboxylic acids is 1. The van der Waals surface area contributed by atoms with Crippen LogP contribution in [0.2, 0.25) is 0 Å². The van der Waals surface area contributed by atoms with Crippen LogP contribution in [0, 0.1) is 0 Å². The van der Waals surface area contributed by atoms with Gasteiger partial charge in [-0.1, -0.05) is 65.8 Å². The summed E-state index contributed by atoms with van der Waals surface area (Å²) in [5.41, 5.74) is 4.05. The van der Waals surface area contributed by atoms with Gasteiger partial charge in [0.1, 0.15) is 18.1 Å². The molecule has 2 heterocycles. The highest BCUT2D eigenvalue weighted by Crippen LogP contribution is 2.36. The molecule has 1 aliphatic rings. The summed E-state index contributed by atoms with van der Waals surface area (Å²) in [6.45, 7) is 0.489. The quantitative estimate of drug-likeness (QED) is 0.787. The third kappa shape index (κ3) is 3.02. The molecule has 0 aliphatic carbocycles. The van der Waals surface area contributed by atoms with Crippen molar-refractivity contribution in [2.45, 2.75) is 18.9 Å². The Morgan fingerprint density at radius 1 is 1.08 bits per heavy atom. The number of fused-ring (bicyclic) bond motifs is 1. The van der Waals surface area contributed by atoms with Crippen LogP contribution in [-0.4, -0.2) is 34.2 Å². The largest absolute Gasteiger partial charge is 0.387 e. The van der Waals surface area contributed by atoms with Crippen molar-refractivity contribution >= 4 is 5.91 Å². The Morgan fingerprint density at radius 3 is 2.27 bits per heavy atom. The molecule has 3 aromatic rings. The number of hydrogen-bond donors (Lipinski definition) is 1. The van der Waals surface area contributed by atoms with E-state index in [9.17, 15) is 9.90 Å². The van der Waals surface area contributed by atoms with E-state index in [0.717, 1.165) is 28.1 Å². The zero-order valence-electron chi connectivity index (χ0n) is 14.3. The first-order valence-corrected chi connectivity index (χ1v) is 8.73. The van der Waals surface area contributed by atoms with E-state index in [1.807, 2.05) is 36.4 Å². The van der Waals surface area contributed by atoms with E-state index in [2.05, 4.69) is 29.4 Å². The van der Waals surface area contributed by atoms with Crippen molar-refractivity contribution in [2.75, 3.05) is 13.2 Å². The van der Waals surface area contributed by atoms with Gasteiger partial charge in [-0.15, -0.1) is 0 Å². The minimum Gasteiger partial charge on any atom is -0.387 e. The van der Waals surface area contributed by atoms with Gasteiger partial charge in [-0.2, -0.15) is 0 Å². The molecule has 132 valence electrons. The molecule has 5 nitrogen and oxygen atoms in total. The van der Waals surface area contributed by atoms with Gasteiger partial charge >= 0.3 is 0 Å². The molecule has 1 aliphatic heterocycles. The number of nitrogens with zero attached hydrogens (tertiary/aromatic N) is 2. The maximum atomic E-state index is 11.9. The Labute approximate surface area is 151 Å². The lowest BCUT2D eigenvalue weighted by atomic mass is 9.85. The number of hydrogen-bond acceptors (Lipinski definition) is 4. The van der Waals surface area contributed by atoms with Crippen molar-refractivity contribution in [3.63, 3.8) is 0 Å². The van der Waals surface area contributed by atoms with Crippen LogP contribution >= 0.6 is 0 Å². The Morgan fingerprint density at radius 2 is 1.69 bits per heavy atom. The summed E-state index contributed by atoms with van der Waals surface area (Å²) in [6.07, 6.45) is 0.615. The molecule has 26 heavy (non-hydrogen) atoms. The van der Waals surface area contributed by atoms with E-state index in [4.69, 9.17) is 4.52 Å². The zero-order chi connectivity index (χ0) is 17.9. The maximum absolute atomic E-state index is 11.9. The van der Waals surface area contributed by atoms with E-state index in [1.165, 1.54) is 0 Å². The summed E-state index contributed by atoms with van der Waals surface area (Å²) in [5.74, 6) is 0.506. The number of aliphatic hydroxyl groups excluding tert-OH is 1. The predicted octanol–water partition coefficient (Wildman–Crippen LogP) is 2.73. The third-order valence-corrected chi connectivity index (χ3v) is 4.88. The maximum Gasteiger partial charge on any atom is 0.248 e. The summed E-state index contributed by atoms with van der Waals surface area (Å²) in [4.78, 5) is 13.6. The van der Waals surface area contributed by atoms with E-state index in [1.54, 1.807) is 4.90 Å². The minimum absolute atomic E-state index is 0.0610. The Hall–Kier alpha value is -2.92. The van der Waals surface area contributed by atoms with Gasteiger partial charge in [0, 0.05) is 18.5 Å². The molecule has 5 heteroatoms. The van der Waals surface area contributed by atoms with Gasteiger partial charge in [-0.3, -0.25) is 4.79 Å². The second kappa shape index (κ2) is 7.14. The molecule has 0 radical (unpaired) electrons. The van der Waals surface area contributed by atoms with Gasteiger partial charge in [0.15, 0.2) is 0 Å². The number of carbonyl (C=O) groups is 1. The molecule has 0 unspecified atom stereocenters. The molecule has 0 fully saturated rings. The lowest BCUT2D eigenvalue weighted by Gasteiger charge is -2.27. The first kappa shape index (κ1) is 16.5. The second-order valence-corrected chi connectivity index (χ2v) is 6.45. The monoisotopic (exact) mass is 348 g/mol. The van der Waals surface area contributed by atoms with E-state index < -0.39 is 6.61 Å². The van der Waals surface area contributed by atoms with Crippen molar-refractivity contribution in [2.24, 2.45) is 0 Å². The first-order chi connectivity index (χ1) is 12.8. The lowest BCUT2D eigenvalue weighted by molar-refractivity contribution is -0.135. The molecule has 1 aromatic heterocycles. The van der Waals surface area contributed by atoms with Crippen molar-refractivity contribution < 1.29 is 14.4 Å². The number of aliphatic hydroxyl groups is 1. The summed E-state index contributed by atoms with van der Waals surface area (Å²) in [5, 5.41) is 13.6. The fraction of sp³-hybridized carbons (Fsp3) is 0.238. The zero-order valence-corrected chi connectivity index (χ0v) is 14.3. The van der Waals surface area contributed by atoms with Crippen LogP contribution in [0.1, 0.15) is 34.1 Å². The Balaban J connectivity index is 1.79. The molecule has 0 spiro atoms. The standard InChI is InChI=1S/C21H20N2O3/c24-14-19(25)23-12-11-18-17(13-23)21(22-26-18)20(15-7-3-1-4-8-15)16-9-5-2-6-10-16/h1-10,20,24H,11-14H2. The smallest absolute Gasteiger partial charge is 0.248 e. The van der Waals surface area contributed by atoms with Crippen molar-refractivity contribution in [1.82, 2.24) is 10.1 Å². The average molecular weight is 348 g/mol. The SMILES string of the molecule is O=C(CO)N1CCc2onc(C(c3ccccc3)c3ccccc3)c2C1. The average Bonchev–Trinajstić information content (AvgIpc) is 3.12. The van der Waals surface area contributed by atoms with Crippen LogP contribution in [0.25, 0.3) is 0 Å². The highest BCUT2D eigenvalue weighted by molar-refractivity contribution is 5.77. The molecule has 2 aromatic carbocycles. The highest BCUT2D eigenvalue weighted by atomic mass is 16.5. The summed E-state index contributed by atoms with van der Waals surface area (Å²) in [7, 11) is 0. The normalized spacial score (nSPS) is 13.7. The first-order valence-electron chi connectivity index (χ1n) is 8.73. The third-order valence-electron chi connectivity index (χ3n) is 4.88. The van der Waals surface area contributed by atoms with E-state index in [0.29, 0.717) is 19.5 Å². The van der Waals surface area contributed by atoms with Crippen molar-refractivity contribution in [1.29, 1.82) is 0 Å². The Bertz CT molecular complexity index is 851. The van der Waals surface area contributed by atoms with E-state index >= 15 is 0 Å². The molecular weight excluding hydrogens is 328 g/mol. The van der Waals surface area contributed by atoms with Gasteiger partial charge in [0.05, 0.1) is 12.5 Å². The summed E-state index contributed by atoms with van der Waals surface area (Å²) >= 11 is 0. The number of rotatable bonds is 4. The molecular formula is C21H20N2O3. The molecule has 0 saturated heterocycles. The highest BCUT2D eigenvalue weighted by Gasteiger charge is 2.31. The molecule has 0 saturated carbocycles. The van der Waals surface area contributed by atoms with Gasteiger partial charge in [0.25, 0.3) is 0 Å². The predicted molar refractivity (Wildman–Crippen MR) is 96.5 cm³/mol. The summed E-state index contributed by atoms with van der Waals surface area (Å²) in [6, 6.07) is 20.4. The van der Waals surface area contributed by atoms with Crippen molar-refractivity contribution in [3.8, 4) is 0 Å². The molecule has 1 N–H and O–H groups in total. The Kier molecular flexibility index (Phi) is 4.54.